The van der Waals surface area contributed by atoms with Crippen LogP contribution >= 0.6 is 27.5 Å². The van der Waals surface area contributed by atoms with Gasteiger partial charge in [0.1, 0.15) is 0 Å². The van der Waals surface area contributed by atoms with Crippen molar-refractivity contribution in [1.82, 2.24) is 10.3 Å². The molecule has 35 heavy (non-hydrogen) atoms. The number of rotatable bonds is 7. The highest BCUT2D eigenvalue weighted by molar-refractivity contribution is 9.10. The lowest BCUT2D eigenvalue weighted by Gasteiger charge is -2.26. The second-order valence-corrected chi connectivity index (χ2v) is 9.80. The van der Waals surface area contributed by atoms with Crippen LogP contribution in [0.15, 0.2) is 77.3 Å². The van der Waals surface area contributed by atoms with E-state index in [9.17, 15) is 14.7 Å². The molecule has 0 aliphatic carbocycles. The van der Waals surface area contributed by atoms with Crippen LogP contribution in [0.25, 0.3) is 22.2 Å². The Morgan fingerprint density at radius 1 is 1.06 bits per heavy atom. The van der Waals surface area contributed by atoms with E-state index in [0.29, 0.717) is 27.1 Å². The van der Waals surface area contributed by atoms with E-state index in [2.05, 4.69) is 21.2 Å². The summed E-state index contributed by atoms with van der Waals surface area (Å²) in [5, 5.41) is 13.8. The van der Waals surface area contributed by atoms with Crippen LogP contribution in [0.1, 0.15) is 40.7 Å². The first-order valence-corrected chi connectivity index (χ1v) is 12.4. The third-order valence-electron chi connectivity index (χ3n) is 6.13. The number of carbonyl (C=O) groups excluding carboxylic acids is 1. The summed E-state index contributed by atoms with van der Waals surface area (Å²) in [6.45, 7) is 3.69. The molecule has 2 N–H and O–H groups in total. The number of hydrogen-bond donors (Lipinski definition) is 2. The summed E-state index contributed by atoms with van der Waals surface area (Å²) in [5.41, 5.74) is 4.29. The van der Waals surface area contributed by atoms with Gasteiger partial charge in [-0.3, -0.25) is 9.59 Å². The second-order valence-electron chi connectivity index (χ2n) is 8.48. The lowest BCUT2D eigenvalue weighted by molar-refractivity contribution is -0.137. The van der Waals surface area contributed by atoms with E-state index in [1.807, 2.05) is 68.4 Å². The minimum atomic E-state index is -0.961. The smallest absolute Gasteiger partial charge is 0.304 e. The van der Waals surface area contributed by atoms with Crippen LogP contribution in [0.3, 0.4) is 0 Å². The Hall–Kier alpha value is -3.22. The highest BCUT2D eigenvalue weighted by Gasteiger charge is 2.27. The van der Waals surface area contributed by atoms with E-state index in [-0.39, 0.29) is 12.3 Å². The van der Waals surface area contributed by atoms with Crippen molar-refractivity contribution in [3.8, 4) is 11.3 Å². The molecule has 0 saturated carbocycles. The predicted molar refractivity (Wildman–Crippen MR) is 143 cm³/mol. The molecular formula is C28H24BrClN2O3. The lowest BCUT2D eigenvalue weighted by Crippen LogP contribution is -2.38. The molecule has 3 aromatic carbocycles. The zero-order valence-electron chi connectivity index (χ0n) is 19.3. The van der Waals surface area contributed by atoms with Crippen molar-refractivity contribution in [2.75, 3.05) is 0 Å². The van der Waals surface area contributed by atoms with Gasteiger partial charge in [-0.05, 0) is 49.2 Å². The normalized spacial score (nSPS) is 12.8. The van der Waals surface area contributed by atoms with Gasteiger partial charge in [-0.2, -0.15) is 0 Å². The van der Waals surface area contributed by atoms with Crippen LogP contribution in [0.2, 0.25) is 5.02 Å². The lowest BCUT2D eigenvalue weighted by atomic mass is 9.88. The summed E-state index contributed by atoms with van der Waals surface area (Å²) in [7, 11) is 0. The Balaban J connectivity index is 1.78. The maximum Gasteiger partial charge on any atom is 0.304 e. The molecule has 0 saturated heterocycles. The minimum absolute atomic E-state index is 0.165. The fourth-order valence-electron chi connectivity index (χ4n) is 4.40. The number of carbonyl (C=O) groups is 2. The standard InChI is InChI=1S/C28H24BrClN2O3/c1-16-26(22-14-19(29)12-13-24(22)32-27(16)18-8-4-3-5-9-18)28(35)31-17(2)21(15-25(33)34)20-10-6-7-11-23(20)30/h3-14,17,21H,15H2,1-2H3,(H,31,35)(H,33,34)/t17-,21-/m1/s1. The molecule has 0 aliphatic heterocycles. The average molecular weight is 552 g/mol. The van der Waals surface area contributed by atoms with Crippen molar-refractivity contribution in [1.29, 1.82) is 0 Å². The molecule has 0 aliphatic rings. The van der Waals surface area contributed by atoms with Gasteiger partial charge in [0.25, 0.3) is 5.91 Å². The average Bonchev–Trinajstić information content (AvgIpc) is 2.83. The predicted octanol–water partition coefficient (Wildman–Crippen LogP) is 7.00. The number of hydrogen-bond acceptors (Lipinski definition) is 3. The molecule has 2 atom stereocenters. The van der Waals surface area contributed by atoms with Gasteiger partial charge in [-0.1, -0.05) is 76.1 Å². The Bertz CT molecular complexity index is 1410. The summed E-state index contributed by atoms with van der Waals surface area (Å²) >= 11 is 9.89. The van der Waals surface area contributed by atoms with Crippen molar-refractivity contribution in [3.63, 3.8) is 0 Å². The maximum absolute atomic E-state index is 13.8. The molecule has 0 unspecified atom stereocenters. The largest absolute Gasteiger partial charge is 0.481 e. The van der Waals surface area contributed by atoms with Crippen molar-refractivity contribution in [3.05, 3.63) is 99.0 Å². The van der Waals surface area contributed by atoms with E-state index >= 15 is 0 Å². The van der Waals surface area contributed by atoms with Crippen molar-refractivity contribution in [2.24, 2.45) is 0 Å². The van der Waals surface area contributed by atoms with Crippen molar-refractivity contribution >= 4 is 50.3 Å². The van der Waals surface area contributed by atoms with E-state index in [1.54, 1.807) is 18.2 Å². The molecule has 4 rings (SSSR count). The van der Waals surface area contributed by atoms with Gasteiger partial charge >= 0.3 is 5.97 Å². The van der Waals surface area contributed by atoms with Gasteiger partial charge in [-0.15, -0.1) is 0 Å². The zero-order valence-corrected chi connectivity index (χ0v) is 21.6. The van der Waals surface area contributed by atoms with Crippen molar-refractivity contribution in [2.45, 2.75) is 32.2 Å². The molecular weight excluding hydrogens is 528 g/mol. The van der Waals surface area contributed by atoms with Gasteiger partial charge in [0.05, 0.1) is 23.2 Å². The number of nitrogens with zero attached hydrogens (tertiary/aromatic N) is 1. The third-order valence-corrected chi connectivity index (χ3v) is 6.96. The Morgan fingerprint density at radius 3 is 2.43 bits per heavy atom. The first-order chi connectivity index (χ1) is 16.8. The molecule has 4 aromatic rings. The van der Waals surface area contributed by atoms with E-state index < -0.39 is 17.9 Å². The first-order valence-electron chi connectivity index (χ1n) is 11.2. The summed E-state index contributed by atoms with van der Waals surface area (Å²) in [4.78, 5) is 30.3. The van der Waals surface area contributed by atoms with Crippen molar-refractivity contribution < 1.29 is 14.7 Å². The minimum Gasteiger partial charge on any atom is -0.481 e. The van der Waals surface area contributed by atoms with Gasteiger partial charge < -0.3 is 10.4 Å². The summed E-state index contributed by atoms with van der Waals surface area (Å²) in [5.74, 6) is -1.75. The molecule has 178 valence electrons. The van der Waals surface area contributed by atoms with Crippen LogP contribution in [-0.2, 0) is 4.79 Å². The topological polar surface area (TPSA) is 79.3 Å². The molecule has 1 heterocycles. The fraction of sp³-hybridized carbons (Fsp3) is 0.179. The molecule has 5 nitrogen and oxygen atoms in total. The second kappa shape index (κ2) is 10.6. The number of nitrogens with one attached hydrogen (secondary N) is 1. The molecule has 1 amide bonds. The highest BCUT2D eigenvalue weighted by atomic mass is 79.9. The third kappa shape index (κ3) is 5.39. The van der Waals surface area contributed by atoms with Crippen LogP contribution < -0.4 is 5.32 Å². The van der Waals surface area contributed by atoms with E-state index in [0.717, 1.165) is 21.3 Å². The Labute approximate surface area is 217 Å². The maximum atomic E-state index is 13.8. The summed E-state index contributed by atoms with van der Waals surface area (Å²) in [6.07, 6.45) is -0.165. The number of fused-ring (bicyclic) bond motifs is 1. The SMILES string of the molecule is Cc1c(-c2ccccc2)nc2ccc(Br)cc2c1C(=O)N[C@H](C)[C@@H](CC(=O)O)c1ccccc1Cl. The molecule has 7 heteroatoms. The first kappa shape index (κ1) is 24.9. The number of halogens is 2. The van der Waals surface area contributed by atoms with Crippen LogP contribution in [0, 0.1) is 6.92 Å². The van der Waals surface area contributed by atoms with Crippen LogP contribution in [0.5, 0.6) is 0 Å². The zero-order chi connectivity index (χ0) is 25.1. The quantitative estimate of drug-likeness (QED) is 0.259. The molecule has 0 radical (unpaired) electrons. The number of aliphatic carboxylic acids is 1. The number of benzene rings is 3. The van der Waals surface area contributed by atoms with Gasteiger partial charge in [-0.25, -0.2) is 4.98 Å². The fourth-order valence-corrected chi connectivity index (χ4v) is 5.04. The van der Waals surface area contributed by atoms with E-state index in [4.69, 9.17) is 16.6 Å². The highest BCUT2D eigenvalue weighted by Crippen LogP contribution is 2.33. The van der Waals surface area contributed by atoms with Crippen LogP contribution in [-0.4, -0.2) is 28.0 Å². The number of carboxylic acids is 1. The number of pyridine rings is 1. The Kier molecular flexibility index (Phi) is 7.53. The summed E-state index contributed by atoms with van der Waals surface area (Å²) in [6, 6.07) is 22.0. The number of amides is 1. The molecule has 0 bridgehead atoms. The number of aromatic nitrogens is 1. The van der Waals surface area contributed by atoms with E-state index in [1.165, 1.54) is 0 Å². The molecule has 0 fully saturated rings. The Morgan fingerprint density at radius 2 is 1.74 bits per heavy atom. The van der Waals surface area contributed by atoms with Gasteiger partial charge in [0, 0.05) is 32.4 Å². The summed E-state index contributed by atoms with van der Waals surface area (Å²) < 4.78 is 0.834. The molecule has 0 spiro atoms. The monoisotopic (exact) mass is 550 g/mol. The van der Waals surface area contributed by atoms with Crippen LogP contribution in [0.4, 0.5) is 0 Å². The van der Waals surface area contributed by atoms with Gasteiger partial charge in [0.15, 0.2) is 0 Å². The number of carboxylic acid groups (broad SMARTS) is 1. The van der Waals surface area contributed by atoms with Gasteiger partial charge in [0.2, 0.25) is 0 Å². The molecule has 1 aromatic heterocycles.